The highest BCUT2D eigenvalue weighted by molar-refractivity contribution is 9.10. The average Bonchev–Trinajstić information content (AvgIpc) is 2.91. The molecule has 112 valence electrons. The summed E-state index contributed by atoms with van der Waals surface area (Å²) < 4.78 is 1.12. The minimum atomic E-state index is 0.398. The van der Waals surface area contributed by atoms with Crippen molar-refractivity contribution in [2.24, 2.45) is 5.92 Å². The zero-order valence-corrected chi connectivity index (χ0v) is 14.0. The predicted molar refractivity (Wildman–Crippen MR) is 89.4 cm³/mol. The SMILES string of the molecule is Cc1cc(Br)cc2[nH]c(C3CCC4CCCCC4N3)nc12. The van der Waals surface area contributed by atoms with Crippen LogP contribution in [-0.4, -0.2) is 16.0 Å². The first-order valence-corrected chi connectivity index (χ1v) is 8.92. The summed E-state index contributed by atoms with van der Waals surface area (Å²) in [6, 6.07) is 5.37. The number of piperidine rings is 1. The fourth-order valence-electron chi connectivity index (χ4n) is 4.14. The van der Waals surface area contributed by atoms with Gasteiger partial charge in [-0.05, 0) is 56.2 Å². The van der Waals surface area contributed by atoms with Crippen LogP contribution in [0.15, 0.2) is 16.6 Å². The summed E-state index contributed by atoms with van der Waals surface area (Å²) in [6.45, 7) is 2.13. The molecule has 3 atom stereocenters. The number of benzene rings is 1. The van der Waals surface area contributed by atoms with E-state index in [-0.39, 0.29) is 0 Å². The van der Waals surface area contributed by atoms with Crippen LogP contribution in [0, 0.1) is 12.8 Å². The number of hydrogen-bond acceptors (Lipinski definition) is 2. The van der Waals surface area contributed by atoms with Gasteiger partial charge in [0.25, 0.3) is 0 Å². The van der Waals surface area contributed by atoms with E-state index >= 15 is 0 Å². The Hall–Kier alpha value is -0.870. The van der Waals surface area contributed by atoms with Crippen molar-refractivity contribution in [3.8, 4) is 0 Å². The van der Waals surface area contributed by atoms with Gasteiger partial charge in [0.2, 0.25) is 0 Å². The molecule has 2 aromatic rings. The quantitative estimate of drug-likeness (QED) is 0.790. The second-order valence-electron chi connectivity index (χ2n) is 6.69. The second kappa shape index (κ2) is 5.40. The molecule has 1 aromatic heterocycles. The lowest BCUT2D eigenvalue weighted by atomic mass is 9.77. The molecule has 3 unspecified atom stereocenters. The van der Waals surface area contributed by atoms with E-state index in [2.05, 4.69) is 45.3 Å². The summed E-state index contributed by atoms with van der Waals surface area (Å²) in [7, 11) is 0. The minimum absolute atomic E-state index is 0.398. The van der Waals surface area contributed by atoms with Gasteiger partial charge in [0.05, 0.1) is 17.1 Å². The molecule has 2 aliphatic rings. The Morgan fingerprint density at radius 1 is 1.14 bits per heavy atom. The molecule has 2 heterocycles. The van der Waals surface area contributed by atoms with E-state index in [0.29, 0.717) is 12.1 Å². The normalized spacial score (nSPS) is 29.5. The van der Waals surface area contributed by atoms with Gasteiger partial charge >= 0.3 is 0 Å². The minimum Gasteiger partial charge on any atom is -0.341 e. The number of aromatic nitrogens is 2. The smallest absolute Gasteiger partial charge is 0.124 e. The van der Waals surface area contributed by atoms with Crippen LogP contribution in [-0.2, 0) is 0 Å². The highest BCUT2D eigenvalue weighted by atomic mass is 79.9. The number of H-pyrrole nitrogens is 1. The fraction of sp³-hybridized carbons (Fsp3) is 0.588. The Labute approximate surface area is 134 Å². The largest absolute Gasteiger partial charge is 0.341 e. The molecule has 1 saturated heterocycles. The zero-order chi connectivity index (χ0) is 14.4. The average molecular weight is 348 g/mol. The van der Waals surface area contributed by atoms with E-state index in [9.17, 15) is 0 Å². The lowest BCUT2D eigenvalue weighted by Gasteiger charge is -2.39. The molecule has 0 radical (unpaired) electrons. The monoisotopic (exact) mass is 347 g/mol. The maximum absolute atomic E-state index is 4.88. The van der Waals surface area contributed by atoms with Crippen LogP contribution in [0.2, 0.25) is 0 Å². The number of nitrogens with one attached hydrogen (secondary N) is 2. The van der Waals surface area contributed by atoms with E-state index in [4.69, 9.17) is 4.98 Å². The first-order chi connectivity index (χ1) is 10.2. The fourth-order valence-corrected chi connectivity index (χ4v) is 4.71. The number of nitrogens with zero attached hydrogens (tertiary/aromatic N) is 1. The molecule has 1 aliphatic heterocycles. The lowest BCUT2D eigenvalue weighted by molar-refractivity contribution is 0.174. The maximum Gasteiger partial charge on any atom is 0.124 e. The van der Waals surface area contributed by atoms with E-state index < -0.39 is 0 Å². The Morgan fingerprint density at radius 3 is 2.90 bits per heavy atom. The van der Waals surface area contributed by atoms with Crippen LogP contribution in [0.1, 0.15) is 56.0 Å². The van der Waals surface area contributed by atoms with E-state index in [0.717, 1.165) is 27.2 Å². The van der Waals surface area contributed by atoms with Crippen LogP contribution in [0.3, 0.4) is 0 Å². The van der Waals surface area contributed by atoms with E-state index in [1.54, 1.807) is 0 Å². The molecule has 0 bridgehead atoms. The van der Waals surface area contributed by atoms with Gasteiger partial charge < -0.3 is 10.3 Å². The number of rotatable bonds is 1. The number of aryl methyl sites for hydroxylation is 1. The number of halogens is 1. The standard InChI is InChI=1S/C17H22BrN3/c1-10-8-12(18)9-15-16(10)21-17(20-15)14-7-6-11-4-2-3-5-13(11)19-14/h8-9,11,13-14,19H,2-7H2,1H3,(H,20,21). The summed E-state index contributed by atoms with van der Waals surface area (Å²) in [6.07, 6.45) is 8.12. The Morgan fingerprint density at radius 2 is 2.00 bits per heavy atom. The molecule has 3 nitrogen and oxygen atoms in total. The number of hydrogen-bond donors (Lipinski definition) is 2. The third-order valence-electron chi connectivity index (χ3n) is 5.24. The molecular formula is C17H22BrN3. The Bertz CT molecular complexity index is 663. The van der Waals surface area contributed by atoms with Crippen molar-refractivity contribution in [1.29, 1.82) is 0 Å². The Kier molecular flexibility index (Phi) is 3.54. The van der Waals surface area contributed by atoms with Gasteiger partial charge in [-0.1, -0.05) is 28.8 Å². The van der Waals surface area contributed by atoms with Gasteiger partial charge in [-0.15, -0.1) is 0 Å². The van der Waals surface area contributed by atoms with Gasteiger partial charge in [0.15, 0.2) is 0 Å². The first kappa shape index (κ1) is 13.8. The summed E-state index contributed by atoms with van der Waals surface area (Å²) in [5.74, 6) is 2.02. The summed E-state index contributed by atoms with van der Waals surface area (Å²) in [5, 5.41) is 3.86. The van der Waals surface area contributed by atoms with Crippen LogP contribution in [0.25, 0.3) is 11.0 Å². The molecule has 1 aromatic carbocycles. The third kappa shape index (κ3) is 2.53. The highest BCUT2D eigenvalue weighted by Gasteiger charge is 2.33. The van der Waals surface area contributed by atoms with Gasteiger partial charge in [-0.2, -0.15) is 0 Å². The summed E-state index contributed by atoms with van der Waals surface area (Å²) in [5.41, 5.74) is 3.48. The molecule has 2 fully saturated rings. The van der Waals surface area contributed by atoms with Crippen molar-refractivity contribution in [1.82, 2.24) is 15.3 Å². The molecule has 2 N–H and O–H groups in total. The molecule has 4 heteroatoms. The van der Waals surface area contributed by atoms with Crippen molar-refractivity contribution >= 4 is 27.0 Å². The second-order valence-corrected chi connectivity index (χ2v) is 7.60. The highest BCUT2D eigenvalue weighted by Crippen LogP contribution is 2.36. The van der Waals surface area contributed by atoms with Crippen LogP contribution >= 0.6 is 15.9 Å². The maximum atomic E-state index is 4.88. The molecular weight excluding hydrogens is 326 g/mol. The summed E-state index contributed by atoms with van der Waals surface area (Å²) in [4.78, 5) is 8.41. The van der Waals surface area contributed by atoms with Crippen molar-refractivity contribution in [2.45, 2.75) is 57.5 Å². The van der Waals surface area contributed by atoms with Gasteiger partial charge in [-0.25, -0.2) is 4.98 Å². The van der Waals surface area contributed by atoms with Gasteiger partial charge in [0, 0.05) is 10.5 Å². The third-order valence-corrected chi connectivity index (χ3v) is 5.70. The number of imidazole rings is 1. The first-order valence-electron chi connectivity index (χ1n) is 8.12. The molecule has 4 rings (SSSR count). The van der Waals surface area contributed by atoms with E-state index in [1.807, 2.05) is 0 Å². The molecule has 0 amide bonds. The van der Waals surface area contributed by atoms with Crippen LogP contribution < -0.4 is 5.32 Å². The number of fused-ring (bicyclic) bond motifs is 2. The van der Waals surface area contributed by atoms with Crippen molar-refractivity contribution in [3.05, 3.63) is 28.0 Å². The van der Waals surface area contributed by atoms with Crippen molar-refractivity contribution in [3.63, 3.8) is 0 Å². The zero-order valence-electron chi connectivity index (χ0n) is 12.5. The van der Waals surface area contributed by atoms with E-state index in [1.165, 1.54) is 44.1 Å². The summed E-state index contributed by atoms with van der Waals surface area (Å²) >= 11 is 3.57. The van der Waals surface area contributed by atoms with Gasteiger partial charge in [0.1, 0.15) is 5.82 Å². The van der Waals surface area contributed by atoms with Crippen LogP contribution in [0.4, 0.5) is 0 Å². The molecule has 1 aliphatic carbocycles. The molecule has 1 saturated carbocycles. The van der Waals surface area contributed by atoms with Crippen molar-refractivity contribution < 1.29 is 0 Å². The van der Waals surface area contributed by atoms with Crippen molar-refractivity contribution in [2.75, 3.05) is 0 Å². The predicted octanol–water partition coefficient (Wildman–Crippen LogP) is 4.62. The number of aromatic amines is 1. The lowest BCUT2D eigenvalue weighted by Crippen LogP contribution is -2.45. The topological polar surface area (TPSA) is 40.7 Å². The van der Waals surface area contributed by atoms with Crippen LogP contribution in [0.5, 0.6) is 0 Å². The Balaban J connectivity index is 1.63. The molecule has 0 spiro atoms. The molecule has 21 heavy (non-hydrogen) atoms. The van der Waals surface area contributed by atoms with Gasteiger partial charge in [-0.3, -0.25) is 0 Å².